The maximum Gasteiger partial charge on any atom is 0.408 e. The van der Waals surface area contributed by atoms with Crippen molar-refractivity contribution in [3.63, 3.8) is 0 Å². The number of nitrogens with zero attached hydrogens (tertiary/aromatic N) is 1. The molecule has 1 atom stereocenters. The van der Waals surface area contributed by atoms with Gasteiger partial charge in [0.1, 0.15) is 24.9 Å². The van der Waals surface area contributed by atoms with Gasteiger partial charge in [0, 0.05) is 0 Å². The van der Waals surface area contributed by atoms with Gasteiger partial charge < -0.3 is 20.1 Å². The Kier molecular flexibility index (Phi) is 8.84. The van der Waals surface area contributed by atoms with E-state index in [-0.39, 0.29) is 24.8 Å². The molecule has 1 aromatic carbocycles. The highest BCUT2D eigenvalue weighted by Gasteiger charge is 2.22. The predicted molar refractivity (Wildman–Crippen MR) is 88.3 cm³/mol. The molecule has 1 aromatic rings. The minimum atomic E-state index is -2.91. The Balaban J connectivity index is 2.54. The summed E-state index contributed by atoms with van der Waals surface area (Å²) in [6.45, 7) is 0.612. The van der Waals surface area contributed by atoms with Gasteiger partial charge in [-0.15, -0.1) is 0 Å². The monoisotopic (exact) mass is 369 g/mol. The fourth-order valence-electron chi connectivity index (χ4n) is 2.05. The van der Waals surface area contributed by atoms with Crippen molar-refractivity contribution >= 4 is 12.0 Å². The van der Waals surface area contributed by atoms with Gasteiger partial charge in [0.15, 0.2) is 0 Å². The van der Waals surface area contributed by atoms with E-state index in [2.05, 4.69) is 15.4 Å². The maximum atomic E-state index is 12.1. The van der Waals surface area contributed by atoms with Crippen molar-refractivity contribution in [1.82, 2.24) is 10.6 Å². The average molecular weight is 369 g/mol. The number of carbonyl (C=O) groups excluding carboxylic acids is 2. The summed E-state index contributed by atoms with van der Waals surface area (Å²) < 4.78 is 33.4. The quantitative estimate of drug-likeness (QED) is 0.652. The van der Waals surface area contributed by atoms with Crippen LogP contribution in [0.5, 0.6) is 5.75 Å². The topological polar surface area (TPSA) is 100 Å². The Morgan fingerprint density at radius 2 is 1.88 bits per heavy atom. The van der Waals surface area contributed by atoms with E-state index in [1.54, 1.807) is 6.07 Å². The van der Waals surface area contributed by atoms with Gasteiger partial charge in [-0.2, -0.15) is 14.0 Å². The summed E-state index contributed by atoms with van der Waals surface area (Å²) >= 11 is 0. The van der Waals surface area contributed by atoms with Crippen molar-refractivity contribution in [3.05, 3.63) is 29.8 Å². The SMILES string of the molecule is CC(C)C[C@H](NC(=O)OCc1ccc(OC(F)F)cc1)C(=O)NCC#N. The molecule has 0 aliphatic carbocycles. The molecule has 0 aromatic heterocycles. The second kappa shape index (κ2) is 10.9. The minimum Gasteiger partial charge on any atom is -0.445 e. The Hall–Kier alpha value is -2.89. The molecule has 9 heteroatoms. The molecule has 1 rings (SSSR count). The van der Waals surface area contributed by atoms with Crippen LogP contribution in [0.2, 0.25) is 0 Å². The zero-order valence-corrected chi connectivity index (χ0v) is 14.5. The van der Waals surface area contributed by atoms with Crippen molar-refractivity contribution in [1.29, 1.82) is 5.26 Å². The van der Waals surface area contributed by atoms with Crippen LogP contribution >= 0.6 is 0 Å². The van der Waals surface area contributed by atoms with Crippen molar-refractivity contribution in [2.24, 2.45) is 5.92 Å². The number of carbonyl (C=O) groups is 2. The number of ether oxygens (including phenoxy) is 2. The zero-order chi connectivity index (χ0) is 19.5. The normalized spacial score (nSPS) is 11.6. The lowest BCUT2D eigenvalue weighted by Gasteiger charge is -2.19. The first-order chi connectivity index (χ1) is 12.3. The van der Waals surface area contributed by atoms with Gasteiger partial charge in [-0.3, -0.25) is 4.79 Å². The van der Waals surface area contributed by atoms with E-state index in [1.165, 1.54) is 24.3 Å². The molecule has 0 heterocycles. The molecule has 26 heavy (non-hydrogen) atoms. The number of halogens is 2. The highest BCUT2D eigenvalue weighted by molar-refractivity contribution is 5.85. The maximum absolute atomic E-state index is 12.1. The van der Waals surface area contributed by atoms with Crippen LogP contribution in [-0.4, -0.2) is 31.2 Å². The van der Waals surface area contributed by atoms with Crippen molar-refractivity contribution < 1.29 is 27.8 Å². The molecule has 0 unspecified atom stereocenters. The molecule has 2 amide bonds. The lowest BCUT2D eigenvalue weighted by atomic mass is 10.0. The number of alkyl halides is 2. The largest absolute Gasteiger partial charge is 0.445 e. The summed E-state index contributed by atoms with van der Waals surface area (Å²) in [7, 11) is 0. The molecule has 0 radical (unpaired) electrons. The standard InChI is InChI=1S/C17H21F2N3O4/c1-11(2)9-14(15(23)21-8-7-20)22-17(24)25-10-12-3-5-13(6-4-12)26-16(18)19/h3-6,11,14,16H,8-10H2,1-2H3,(H,21,23)(H,22,24)/t14-/m0/s1. The van der Waals surface area contributed by atoms with E-state index >= 15 is 0 Å². The van der Waals surface area contributed by atoms with E-state index in [4.69, 9.17) is 10.00 Å². The number of amides is 2. The molecule has 7 nitrogen and oxygen atoms in total. The highest BCUT2D eigenvalue weighted by Crippen LogP contribution is 2.15. The molecule has 0 saturated carbocycles. The van der Waals surface area contributed by atoms with Gasteiger partial charge in [-0.1, -0.05) is 26.0 Å². The van der Waals surface area contributed by atoms with Gasteiger partial charge in [-0.05, 0) is 30.0 Å². The Morgan fingerprint density at radius 1 is 1.23 bits per heavy atom. The van der Waals surface area contributed by atoms with Gasteiger partial charge in [0.05, 0.1) is 6.07 Å². The van der Waals surface area contributed by atoms with E-state index in [1.807, 2.05) is 13.8 Å². The second-order valence-electron chi connectivity index (χ2n) is 5.80. The van der Waals surface area contributed by atoms with E-state index < -0.39 is 24.7 Å². The van der Waals surface area contributed by atoms with Crippen LogP contribution in [0.3, 0.4) is 0 Å². The average Bonchev–Trinajstić information content (AvgIpc) is 2.57. The summed E-state index contributed by atoms with van der Waals surface area (Å²) in [5.74, 6) is -0.333. The van der Waals surface area contributed by atoms with E-state index in [9.17, 15) is 18.4 Å². The molecule has 0 bridgehead atoms. The molecule has 0 aliphatic heterocycles. The number of hydrogen-bond acceptors (Lipinski definition) is 5. The third-order valence-corrected chi connectivity index (χ3v) is 3.18. The second-order valence-corrected chi connectivity index (χ2v) is 5.80. The molecule has 0 saturated heterocycles. The van der Waals surface area contributed by atoms with Crippen molar-refractivity contribution in [2.45, 2.75) is 39.5 Å². The number of hydrogen-bond donors (Lipinski definition) is 2. The van der Waals surface area contributed by atoms with Crippen LogP contribution in [0.25, 0.3) is 0 Å². The summed E-state index contributed by atoms with van der Waals surface area (Å²) in [5, 5.41) is 13.4. The summed E-state index contributed by atoms with van der Waals surface area (Å²) in [5.41, 5.74) is 0.566. The molecule has 142 valence electrons. The fourth-order valence-corrected chi connectivity index (χ4v) is 2.05. The number of benzene rings is 1. The Morgan fingerprint density at radius 3 is 2.42 bits per heavy atom. The summed E-state index contributed by atoms with van der Waals surface area (Å²) in [4.78, 5) is 23.9. The molecule has 0 fully saturated rings. The van der Waals surface area contributed by atoms with Crippen LogP contribution in [0.15, 0.2) is 24.3 Å². The first-order valence-corrected chi connectivity index (χ1v) is 7.93. The molecule has 0 spiro atoms. The molecular weight excluding hydrogens is 348 g/mol. The first-order valence-electron chi connectivity index (χ1n) is 7.93. The fraction of sp³-hybridized carbons (Fsp3) is 0.471. The Labute approximate surface area is 150 Å². The number of alkyl carbamates (subject to hydrolysis) is 1. The predicted octanol–water partition coefficient (Wildman–Crippen LogP) is 2.57. The lowest BCUT2D eigenvalue weighted by molar-refractivity contribution is -0.123. The molecule has 0 aliphatic rings. The number of nitriles is 1. The van der Waals surface area contributed by atoms with E-state index in [0.29, 0.717) is 12.0 Å². The van der Waals surface area contributed by atoms with Gasteiger partial charge in [0.2, 0.25) is 5.91 Å². The van der Waals surface area contributed by atoms with Gasteiger partial charge >= 0.3 is 12.7 Å². The summed E-state index contributed by atoms with van der Waals surface area (Å²) in [6.07, 6.45) is -0.415. The van der Waals surface area contributed by atoms with Gasteiger partial charge in [0.25, 0.3) is 0 Å². The number of nitrogens with one attached hydrogen (secondary N) is 2. The van der Waals surface area contributed by atoms with Gasteiger partial charge in [-0.25, -0.2) is 4.79 Å². The highest BCUT2D eigenvalue weighted by atomic mass is 19.3. The minimum absolute atomic E-state index is 0.000590. The van der Waals surface area contributed by atoms with Crippen LogP contribution in [0.4, 0.5) is 13.6 Å². The summed E-state index contributed by atoms with van der Waals surface area (Å²) in [6, 6.07) is 6.60. The molecule has 2 N–H and O–H groups in total. The van der Waals surface area contributed by atoms with Crippen LogP contribution < -0.4 is 15.4 Å². The van der Waals surface area contributed by atoms with Crippen molar-refractivity contribution in [2.75, 3.05) is 6.54 Å². The number of rotatable bonds is 9. The van der Waals surface area contributed by atoms with Crippen LogP contribution in [-0.2, 0) is 16.1 Å². The van der Waals surface area contributed by atoms with E-state index in [0.717, 1.165) is 0 Å². The van der Waals surface area contributed by atoms with Crippen LogP contribution in [0, 0.1) is 17.2 Å². The first kappa shape index (κ1) is 21.2. The smallest absolute Gasteiger partial charge is 0.408 e. The Bertz CT molecular complexity index is 630. The lowest BCUT2D eigenvalue weighted by Crippen LogP contribution is -2.47. The third kappa shape index (κ3) is 8.28. The molecular formula is C17H21F2N3O4. The van der Waals surface area contributed by atoms with Crippen molar-refractivity contribution in [3.8, 4) is 11.8 Å². The third-order valence-electron chi connectivity index (χ3n) is 3.18. The van der Waals surface area contributed by atoms with Crippen LogP contribution in [0.1, 0.15) is 25.8 Å². The zero-order valence-electron chi connectivity index (χ0n) is 14.5.